The zero-order chi connectivity index (χ0) is 13.7. The molecular weight excluding hydrogens is 234 g/mol. The summed E-state index contributed by atoms with van der Waals surface area (Å²) in [7, 11) is 0. The van der Waals surface area contributed by atoms with Crippen LogP contribution in [-0.2, 0) is 4.79 Å². The van der Waals surface area contributed by atoms with Gasteiger partial charge >= 0.3 is 0 Å². The van der Waals surface area contributed by atoms with Gasteiger partial charge in [0.1, 0.15) is 0 Å². The highest BCUT2D eigenvalue weighted by molar-refractivity contribution is 5.97. The van der Waals surface area contributed by atoms with Crippen molar-refractivity contribution in [2.45, 2.75) is 45.6 Å². The van der Waals surface area contributed by atoms with Gasteiger partial charge in [-0.15, -0.1) is 0 Å². The third kappa shape index (κ3) is 3.46. The molecular formula is C17H23NO. The number of carbonyl (C=O) groups is 1. The minimum Gasteiger partial charge on any atom is -0.336 e. The number of nitrogens with zero attached hydrogens (tertiary/aromatic N) is 1. The van der Waals surface area contributed by atoms with E-state index in [0.29, 0.717) is 6.04 Å². The Morgan fingerprint density at radius 3 is 2.74 bits per heavy atom. The van der Waals surface area contributed by atoms with Gasteiger partial charge in [-0.25, -0.2) is 0 Å². The summed E-state index contributed by atoms with van der Waals surface area (Å²) in [6.07, 6.45) is 6.60. The van der Waals surface area contributed by atoms with Crippen LogP contribution in [0.1, 0.15) is 45.1 Å². The zero-order valence-electron chi connectivity index (χ0n) is 11.9. The highest BCUT2D eigenvalue weighted by atomic mass is 16.2. The molecule has 0 aromatic heterocycles. The summed E-state index contributed by atoms with van der Waals surface area (Å²) in [5.74, 6) is 0.204. The highest BCUT2D eigenvalue weighted by Gasteiger charge is 2.25. The number of carbonyl (C=O) groups excluding carboxylic acids is 1. The van der Waals surface area contributed by atoms with Crippen molar-refractivity contribution in [1.29, 1.82) is 0 Å². The molecule has 1 heterocycles. The van der Waals surface area contributed by atoms with Gasteiger partial charge in [-0.05, 0) is 44.2 Å². The van der Waals surface area contributed by atoms with E-state index in [1.54, 1.807) is 0 Å². The van der Waals surface area contributed by atoms with Crippen LogP contribution in [0, 0.1) is 0 Å². The SMILES string of the molecule is CC[C@@H]1CCCCN1C(=O)/C(C)=C/c1ccccc1. The van der Waals surface area contributed by atoms with E-state index < -0.39 is 0 Å². The van der Waals surface area contributed by atoms with Gasteiger partial charge in [-0.3, -0.25) is 4.79 Å². The Balaban J connectivity index is 2.12. The Bertz CT molecular complexity index is 450. The average molecular weight is 257 g/mol. The van der Waals surface area contributed by atoms with Crippen molar-refractivity contribution >= 4 is 12.0 Å². The van der Waals surface area contributed by atoms with Crippen LogP contribution in [0.4, 0.5) is 0 Å². The first-order valence-electron chi connectivity index (χ1n) is 7.26. The lowest BCUT2D eigenvalue weighted by molar-refractivity contribution is -0.130. The number of piperidine rings is 1. The third-order valence-electron chi connectivity index (χ3n) is 3.88. The second-order valence-electron chi connectivity index (χ2n) is 5.29. The fourth-order valence-corrected chi connectivity index (χ4v) is 2.78. The third-order valence-corrected chi connectivity index (χ3v) is 3.88. The van der Waals surface area contributed by atoms with Crippen LogP contribution in [0.3, 0.4) is 0 Å². The fourth-order valence-electron chi connectivity index (χ4n) is 2.78. The fraction of sp³-hybridized carbons (Fsp3) is 0.471. The number of likely N-dealkylation sites (tertiary alicyclic amines) is 1. The van der Waals surface area contributed by atoms with Crippen molar-refractivity contribution in [2.24, 2.45) is 0 Å². The van der Waals surface area contributed by atoms with Crippen molar-refractivity contribution in [3.05, 3.63) is 41.5 Å². The Kier molecular flexibility index (Phi) is 4.78. The van der Waals surface area contributed by atoms with E-state index in [9.17, 15) is 4.79 Å². The molecule has 0 spiro atoms. The normalized spacial score (nSPS) is 20.4. The maximum atomic E-state index is 12.5. The lowest BCUT2D eigenvalue weighted by Crippen LogP contribution is -2.43. The van der Waals surface area contributed by atoms with Gasteiger partial charge in [0.2, 0.25) is 5.91 Å². The molecule has 2 rings (SSSR count). The van der Waals surface area contributed by atoms with E-state index in [1.807, 2.05) is 43.3 Å². The molecule has 1 atom stereocenters. The van der Waals surface area contributed by atoms with Crippen LogP contribution < -0.4 is 0 Å². The Morgan fingerprint density at radius 1 is 1.32 bits per heavy atom. The summed E-state index contributed by atoms with van der Waals surface area (Å²) >= 11 is 0. The number of hydrogen-bond donors (Lipinski definition) is 0. The molecule has 2 heteroatoms. The smallest absolute Gasteiger partial charge is 0.249 e. The molecule has 0 aliphatic carbocycles. The standard InChI is InChI=1S/C17H23NO/c1-3-16-11-7-8-12-18(16)17(19)14(2)13-15-9-5-4-6-10-15/h4-6,9-10,13,16H,3,7-8,11-12H2,1-2H3/b14-13+/t16-/m1/s1. The molecule has 1 aromatic rings. The Hall–Kier alpha value is -1.57. The molecule has 1 fully saturated rings. The molecule has 1 aromatic carbocycles. The summed E-state index contributed by atoms with van der Waals surface area (Å²) in [6, 6.07) is 10.5. The van der Waals surface area contributed by atoms with Crippen LogP contribution in [0.5, 0.6) is 0 Å². The maximum Gasteiger partial charge on any atom is 0.249 e. The maximum absolute atomic E-state index is 12.5. The van der Waals surface area contributed by atoms with Crippen LogP contribution >= 0.6 is 0 Å². The summed E-state index contributed by atoms with van der Waals surface area (Å²) < 4.78 is 0. The monoisotopic (exact) mass is 257 g/mol. The minimum absolute atomic E-state index is 0.204. The number of hydrogen-bond acceptors (Lipinski definition) is 1. The molecule has 19 heavy (non-hydrogen) atoms. The van der Waals surface area contributed by atoms with E-state index in [-0.39, 0.29) is 5.91 Å². The number of rotatable bonds is 3. The number of benzene rings is 1. The van der Waals surface area contributed by atoms with Gasteiger partial charge in [0.15, 0.2) is 0 Å². The summed E-state index contributed by atoms with van der Waals surface area (Å²) in [6.45, 7) is 5.01. The zero-order valence-corrected chi connectivity index (χ0v) is 11.9. The second-order valence-corrected chi connectivity index (χ2v) is 5.29. The van der Waals surface area contributed by atoms with Crippen LogP contribution in [-0.4, -0.2) is 23.4 Å². The molecule has 0 N–H and O–H groups in total. The van der Waals surface area contributed by atoms with Gasteiger partial charge in [0.25, 0.3) is 0 Å². The molecule has 1 aliphatic rings. The van der Waals surface area contributed by atoms with Gasteiger partial charge in [0.05, 0.1) is 0 Å². The van der Waals surface area contributed by atoms with E-state index in [2.05, 4.69) is 11.8 Å². The lowest BCUT2D eigenvalue weighted by atomic mass is 9.98. The summed E-state index contributed by atoms with van der Waals surface area (Å²) in [4.78, 5) is 14.6. The quantitative estimate of drug-likeness (QED) is 0.752. The van der Waals surface area contributed by atoms with E-state index in [4.69, 9.17) is 0 Å². The van der Waals surface area contributed by atoms with Crippen molar-refractivity contribution in [1.82, 2.24) is 4.90 Å². The van der Waals surface area contributed by atoms with Gasteiger partial charge in [0, 0.05) is 18.2 Å². The van der Waals surface area contributed by atoms with Gasteiger partial charge in [-0.1, -0.05) is 37.3 Å². The predicted octanol–water partition coefficient (Wildman–Crippen LogP) is 3.88. The molecule has 1 amide bonds. The van der Waals surface area contributed by atoms with Gasteiger partial charge in [-0.2, -0.15) is 0 Å². The highest BCUT2D eigenvalue weighted by Crippen LogP contribution is 2.22. The molecule has 0 unspecified atom stereocenters. The first-order chi connectivity index (χ1) is 9.22. The van der Waals surface area contributed by atoms with Crippen molar-refractivity contribution < 1.29 is 4.79 Å². The first kappa shape index (κ1) is 13.9. The molecule has 102 valence electrons. The summed E-state index contributed by atoms with van der Waals surface area (Å²) in [5.41, 5.74) is 1.94. The Labute approximate surface area is 116 Å². The largest absolute Gasteiger partial charge is 0.336 e. The molecule has 1 aliphatic heterocycles. The summed E-state index contributed by atoms with van der Waals surface area (Å²) in [5, 5.41) is 0. The minimum atomic E-state index is 0.204. The predicted molar refractivity (Wildman–Crippen MR) is 79.7 cm³/mol. The van der Waals surface area contributed by atoms with Crippen molar-refractivity contribution in [2.75, 3.05) is 6.54 Å². The van der Waals surface area contributed by atoms with Gasteiger partial charge < -0.3 is 4.90 Å². The van der Waals surface area contributed by atoms with Crippen LogP contribution in [0.15, 0.2) is 35.9 Å². The number of amides is 1. The Morgan fingerprint density at radius 2 is 2.05 bits per heavy atom. The molecule has 0 radical (unpaired) electrons. The van der Waals surface area contributed by atoms with E-state index in [0.717, 1.165) is 36.9 Å². The van der Waals surface area contributed by atoms with Crippen molar-refractivity contribution in [3.8, 4) is 0 Å². The van der Waals surface area contributed by atoms with E-state index in [1.165, 1.54) is 6.42 Å². The van der Waals surface area contributed by atoms with Crippen LogP contribution in [0.2, 0.25) is 0 Å². The topological polar surface area (TPSA) is 20.3 Å². The second kappa shape index (κ2) is 6.55. The van der Waals surface area contributed by atoms with Crippen molar-refractivity contribution in [3.63, 3.8) is 0 Å². The molecule has 1 saturated heterocycles. The van der Waals surface area contributed by atoms with Crippen LogP contribution in [0.25, 0.3) is 6.08 Å². The van der Waals surface area contributed by atoms with E-state index >= 15 is 0 Å². The molecule has 2 nitrogen and oxygen atoms in total. The lowest BCUT2D eigenvalue weighted by Gasteiger charge is -2.35. The molecule has 0 saturated carbocycles. The average Bonchev–Trinajstić information content (AvgIpc) is 2.47. The molecule has 0 bridgehead atoms. The first-order valence-corrected chi connectivity index (χ1v) is 7.26.